The second-order valence-electron chi connectivity index (χ2n) is 8.47. The van der Waals surface area contributed by atoms with Gasteiger partial charge in [0.25, 0.3) is 5.91 Å². The molecule has 11 heteroatoms. The number of rotatable bonds is 10. The van der Waals surface area contributed by atoms with Crippen LogP contribution in [0, 0.1) is 0 Å². The quantitative estimate of drug-likeness (QED) is 0.266. The van der Waals surface area contributed by atoms with E-state index in [9.17, 15) is 18.0 Å². The molecule has 9 nitrogen and oxygen atoms in total. The Morgan fingerprint density at radius 3 is 2.36 bits per heavy atom. The molecule has 4 aromatic rings. The number of nitrogens with zero attached hydrogens (tertiary/aromatic N) is 3. The third-order valence-corrected chi connectivity index (χ3v) is 8.95. The molecule has 4 rings (SSSR count). The summed E-state index contributed by atoms with van der Waals surface area (Å²) in [6.07, 6.45) is 0. The third-order valence-electron chi connectivity index (χ3n) is 5.97. The number of methoxy groups -OCH3 is 1. The van der Waals surface area contributed by atoms with Gasteiger partial charge in [0.2, 0.25) is 10.0 Å². The molecule has 1 heterocycles. The maximum Gasteiger partial charge on any atom is 0.326 e. The van der Waals surface area contributed by atoms with Crippen LogP contribution < -0.4 is 9.54 Å². The van der Waals surface area contributed by atoms with E-state index in [1.54, 1.807) is 43.7 Å². The van der Waals surface area contributed by atoms with Crippen molar-refractivity contribution in [2.24, 2.45) is 4.99 Å². The topological polar surface area (TPSA) is 107 Å². The first kappa shape index (κ1) is 28.2. The van der Waals surface area contributed by atoms with E-state index in [1.165, 1.54) is 39.9 Å². The van der Waals surface area contributed by atoms with Crippen LogP contribution in [-0.2, 0) is 32.6 Å². The van der Waals surface area contributed by atoms with Crippen LogP contribution in [-0.4, -0.2) is 49.4 Å². The Morgan fingerprint density at radius 2 is 1.72 bits per heavy atom. The molecule has 1 aromatic heterocycles. The van der Waals surface area contributed by atoms with Gasteiger partial charge in [-0.2, -0.15) is 9.30 Å². The first-order valence-electron chi connectivity index (χ1n) is 12.3. The van der Waals surface area contributed by atoms with E-state index in [4.69, 9.17) is 9.47 Å². The van der Waals surface area contributed by atoms with Gasteiger partial charge in [0.1, 0.15) is 12.3 Å². The number of carbonyl (C=O) groups is 2. The molecule has 0 N–H and O–H groups in total. The van der Waals surface area contributed by atoms with E-state index in [0.29, 0.717) is 22.6 Å². The lowest BCUT2D eigenvalue weighted by Crippen LogP contribution is -2.30. The van der Waals surface area contributed by atoms with Crippen LogP contribution in [0.5, 0.6) is 5.75 Å². The molecule has 0 aliphatic heterocycles. The van der Waals surface area contributed by atoms with Crippen LogP contribution in [0.25, 0.3) is 10.2 Å². The molecule has 0 fully saturated rings. The molecular formula is C28H29N3O6S2. The van der Waals surface area contributed by atoms with Crippen molar-refractivity contribution in [1.29, 1.82) is 0 Å². The highest BCUT2D eigenvalue weighted by molar-refractivity contribution is 7.89. The lowest BCUT2D eigenvalue weighted by Gasteiger charge is -2.20. The van der Waals surface area contributed by atoms with E-state index in [0.717, 1.165) is 10.3 Å². The molecule has 0 bridgehead atoms. The number of sulfonamides is 1. The first-order valence-corrected chi connectivity index (χ1v) is 14.6. The van der Waals surface area contributed by atoms with Crippen LogP contribution in [0.4, 0.5) is 0 Å². The second-order valence-corrected chi connectivity index (χ2v) is 11.4. The Morgan fingerprint density at radius 1 is 1.00 bits per heavy atom. The standard InChI is InChI=1S/C28H29N3O6S2/c1-4-30(18-20-9-7-6-8-10-20)39(34,35)23-14-11-21(12-15-23)27(33)29-28-31(19-26(32)37-5-2)24-16-13-22(36-3)17-25(24)38-28/h6-17H,4-5,18-19H2,1-3H3. The summed E-state index contributed by atoms with van der Waals surface area (Å²) in [5.41, 5.74) is 1.81. The van der Waals surface area contributed by atoms with Crippen molar-refractivity contribution in [1.82, 2.24) is 8.87 Å². The minimum atomic E-state index is -3.77. The Kier molecular flexibility index (Phi) is 8.95. The van der Waals surface area contributed by atoms with E-state index >= 15 is 0 Å². The highest BCUT2D eigenvalue weighted by atomic mass is 32.2. The van der Waals surface area contributed by atoms with Gasteiger partial charge in [0.15, 0.2) is 4.80 Å². The van der Waals surface area contributed by atoms with Crippen molar-refractivity contribution >= 4 is 43.5 Å². The van der Waals surface area contributed by atoms with Crippen LogP contribution in [0.3, 0.4) is 0 Å². The van der Waals surface area contributed by atoms with Crippen molar-refractivity contribution in [3.05, 3.63) is 88.7 Å². The molecule has 0 saturated carbocycles. The van der Waals surface area contributed by atoms with E-state index in [-0.39, 0.29) is 30.2 Å². The highest BCUT2D eigenvalue weighted by Gasteiger charge is 2.23. The number of aromatic nitrogens is 1. The molecule has 0 atom stereocenters. The maximum atomic E-state index is 13.3. The van der Waals surface area contributed by atoms with Crippen molar-refractivity contribution in [3.8, 4) is 5.75 Å². The third kappa shape index (κ3) is 6.44. The summed E-state index contributed by atoms with van der Waals surface area (Å²) in [6.45, 7) is 4.16. The monoisotopic (exact) mass is 567 g/mol. The zero-order chi connectivity index (χ0) is 28.0. The molecule has 0 spiro atoms. The van der Waals surface area contributed by atoms with E-state index < -0.39 is 21.9 Å². The SMILES string of the molecule is CCOC(=O)Cn1c(=NC(=O)c2ccc(S(=O)(=O)N(CC)Cc3ccccc3)cc2)sc2cc(OC)ccc21. The predicted octanol–water partition coefficient (Wildman–Crippen LogP) is 4.23. The van der Waals surface area contributed by atoms with Crippen molar-refractivity contribution in [2.45, 2.75) is 31.8 Å². The predicted molar refractivity (Wildman–Crippen MR) is 149 cm³/mol. The fraction of sp³-hybridized carbons (Fsp3) is 0.250. The molecule has 39 heavy (non-hydrogen) atoms. The molecular weight excluding hydrogens is 538 g/mol. The fourth-order valence-electron chi connectivity index (χ4n) is 3.98. The molecule has 0 aliphatic carbocycles. The molecule has 3 aromatic carbocycles. The number of thiazole rings is 1. The number of carbonyl (C=O) groups excluding carboxylic acids is 2. The van der Waals surface area contributed by atoms with Gasteiger partial charge < -0.3 is 14.0 Å². The zero-order valence-electron chi connectivity index (χ0n) is 21.9. The van der Waals surface area contributed by atoms with Gasteiger partial charge >= 0.3 is 5.97 Å². The summed E-state index contributed by atoms with van der Waals surface area (Å²) in [5, 5.41) is 0. The second kappa shape index (κ2) is 12.4. The normalized spacial score (nSPS) is 12.2. The summed E-state index contributed by atoms with van der Waals surface area (Å²) in [7, 11) is -2.22. The maximum absolute atomic E-state index is 13.3. The number of hydrogen-bond donors (Lipinski definition) is 0. The van der Waals surface area contributed by atoms with Crippen molar-refractivity contribution < 1.29 is 27.5 Å². The van der Waals surface area contributed by atoms with Crippen molar-refractivity contribution in [3.63, 3.8) is 0 Å². The Hall–Kier alpha value is -3.80. The van der Waals surface area contributed by atoms with Gasteiger partial charge in [0.05, 0.1) is 28.8 Å². The molecule has 0 saturated heterocycles. The Labute approximate surface area is 231 Å². The minimum absolute atomic E-state index is 0.0863. The minimum Gasteiger partial charge on any atom is -0.497 e. The summed E-state index contributed by atoms with van der Waals surface area (Å²) in [6, 6.07) is 20.4. The Bertz CT molecular complexity index is 1640. The average Bonchev–Trinajstić information content (AvgIpc) is 3.27. The lowest BCUT2D eigenvalue weighted by atomic mass is 10.2. The first-order chi connectivity index (χ1) is 18.8. The average molecular weight is 568 g/mol. The number of esters is 1. The molecule has 1 amide bonds. The van der Waals surface area contributed by atoms with Gasteiger partial charge in [-0.3, -0.25) is 9.59 Å². The number of hydrogen-bond acceptors (Lipinski definition) is 7. The van der Waals surface area contributed by atoms with Crippen LogP contribution in [0.15, 0.2) is 82.7 Å². The fourth-order valence-corrected chi connectivity index (χ4v) is 6.47. The zero-order valence-corrected chi connectivity index (χ0v) is 23.5. The summed E-state index contributed by atoms with van der Waals surface area (Å²) >= 11 is 1.24. The summed E-state index contributed by atoms with van der Waals surface area (Å²) in [5.74, 6) is -0.380. The van der Waals surface area contributed by atoms with Crippen molar-refractivity contribution in [2.75, 3.05) is 20.3 Å². The molecule has 204 valence electrons. The Balaban J connectivity index is 1.64. The van der Waals surface area contributed by atoms with Crippen LogP contribution in [0.1, 0.15) is 29.8 Å². The summed E-state index contributed by atoms with van der Waals surface area (Å²) in [4.78, 5) is 30.0. The number of amides is 1. The van der Waals surface area contributed by atoms with Gasteiger partial charge in [-0.25, -0.2) is 8.42 Å². The van der Waals surface area contributed by atoms with E-state index in [2.05, 4.69) is 4.99 Å². The van der Waals surface area contributed by atoms with Gasteiger partial charge in [-0.05, 0) is 55.0 Å². The number of benzene rings is 3. The van der Waals surface area contributed by atoms with Crippen LogP contribution >= 0.6 is 11.3 Å². The molecule has 0 aliphatic rings. The largest absolute Gasteiger partial charge is 0.497 e. The van der Waals surface area contributed by atoms with E-state index in [1.807, 2.05) is 30.3 Å². The lowest BCUT2D eigenvalue weighted by molar-refractivity contribution is -0.143. The van der Waals surface area contributed by atoms with Gasteiger partial charge in [-0.15, -0.1) is 0 Å². The number of fused-ring (bicyclic) bond motifs is 1. The summed E-state index contributed by atoms with van der Waals surface area (Å²) < 4.78 is 40.7. The van der Waals surface area contributed by atoms with Crippen LogP contribution in [0.2, 0.25) is 0 Å². The molecule has 0 radical (unpaired) electrons. The van der Waals surface area contributed by atoms with Gasteiger partial charge in [0, 0.05) is 18.7 Å². The van der Waals surface area contributed by atoms with Gasteiger partial charge in [-0.1, -0.05) is 48.6 Å². The number of ether oxygens (including phenoxy) is 2. The molecule has 0 unspecified atom stereocenters. The smallest absolute Gasteiger partial charge is 0.326 e. The highest BCUT2D eigenvalue weighted by Crippen LogP contribution is 2.24.